The Balaban J connectivity index is 2.13. The number of nitrogens with two attached hydrogens (primary N) is 1. The molecule has 1 atom stereocenters. The zero-order chi connectivity index (χ0) is 15.2. The number of hydrogen-bond donors (Lipinski definition) is 1. The first kappa shape index (κ1) is 15.3. The molecule has 0 amide bonds. The summed E-state index contributed by atoms with van der Waals surface area (Å²) in [5, 5.41) is 0. The standard InChI is InChI=1S/C16H22N4O/c1-12(10-13-6-4-5-7-15(13)21-3)20(2)16-18-9-8-14(11-17)19-16/h4-9,12H,10-11,17H2,1-3H3. The number of para-hydroxylation sites is 1. The molecule has 2 rings (SSSR count). The first-order valence-electron chi connectivity index (χ1n) is 7.02. The van der Waals surface area contributed by atoms with Crippen molar-refractivity contribution in [2.24, 2.45) is 5.73 Å². The van der Waals surface area contributed by atoms with Gasteiger partial charge in [-0.3, -0.25) is 0 Å². The number of hydrogen-bond acceptors (Lipinski definition) is 5. The number of likely N-dealkylation sites (N-methyl/N-ethyl adjacent to an activating group) is 1. The summed E-state index contributed by atoms with van der Waals surface area (Å²) in [4.78, 5) is 10.8. The van der Waals surface area contributed by atoms with Gasteiger partial charge in [-0.15, -0.1) is 0 Å². The fourth-order valence-corrected chi connectivity index (χ4v) is 2.19. The molecule has 2 aromatic rings. The fourth-order valence-electron chi connectivity index (χ4n) is 2.19. The summed E-state index contributed by atoms with van der Waals surface area (Å²) in [6, 6.07) is 10.1. The number of benzene rings is 1. The van der Waals surface area contributed by atoms with Gasteiger partial charge in [0.25, 0.3) is 0 Å². The minimum absolute atomic E-state index is 0.245. The monoisotopic (exact) mass is 286 g/mol. The van der Waals surface area contributed by atoms with Crippen LogP contribution in [0, 0.1) is 0 Å². The van der Waals surface area contributed by atoms with E-state index in [-0.39, 0.29) is 6.04 Å². The van der Waals surface area contributed by atoms with Gasteiger partial charge in [-0.05, 0) is 31.0 Å². The Morgan fingerprint density at radius 3 is 2.76 bits per heavy atom. The van der Waals surface area contributed by atoms with Gasteiger partial charge in [0, 0.05) is 25.8 Å². The molecule has 1 unspecified atom stereocenters. The van der Waals surface area contributed by atoms with E-state index < -0.39 is 0 Å². The summed E-state index contributed by atoms with van der Waals surface area (Å²) in [5.41, 5.74) is 7.65. The number of nitrogens with zero attached hydrogens (tertiary/aromatic N) is 3. The summed E-state index contributed by atoms with van der Waals surface area (Å²) in [6.45, 7) is 2.56. The van der Waals surface area contributed by atoms with E-state index in [1.807, 2.05) is 31.3 Å². The van der Waals surface area contributed by atoms with Gasteiger partial charge in [0.2, 0.25) is 5.95 Å². The number of rotatable bonds is 6. The van der Waals surface area contributed by atoms with Crippen LogP contribution in [0.1, 0.15) is 18.2 Å². The van der Waals surface area contributed by atoms with E-state index in [4.69, 9.17) is 10.5 Å². The van der Waals surface area contributed by atoms with E-state index in [2.05, 4.69) is 27.9 Å². The van der Waals surface area contributed by atoms with E-state index in [0.29, 0.717) is 12.5 Å². The minimum atomic E-state index is 0.245. The van der Waals surface area contributed by atoms with Crippen molar-refractivity contribution < 1.29 is 4.74 Å². The van der Waals surface area contributed by atoms with Crippen molar-refractivity contribution in [3.63, 3.8) is 0 Å². The Hall–Kier alpha value is -2.14. The number of aromatic nitrogens is 2. The Bertz CT molecular complexity index is 588. The number of ether oxygens (including phenoxy) is 1. The maximum Gasteiger partial charge on any atom is 0.225 e. The Kier molecular flexibility index (Phi) is 5.11. The molecule has 0 spiro atoms. The molecule has 0 saturated heterocycles. The second-order valence-electron chi connectivity index (χ2n) is 5.03. The molecule has 1 heterocycles. The van der Waals surface area contributed by atoms with Crippen molar-refractivity contribution in [2.75, 3.05) is 19.1 Å². The van der Waals surface area contributed by atoms with Crippen LogP contribution in [0.3, 0.4) is 0 Å². The molecule has 1 aromatic carbocycles. The van der Waals surface area contributed by atoms with E-state index in [9.17, 15) is 0 Å². The normalized spacial score (nSPS) is 12.0. The lowest BCUT2D eigenvalue weighted by molar-refractivity contribution is 0.408. The summed E-state index contributed by atoms with van der Waals surface area (Å²) in [5.74, 6) is 1.61. The highest BCUT2D eigenvalue weighted by atomic mass is 16.5. The zero-order valence-corrected chi connectivity index (χ0v) is 12.8. The molecule has 0 bridgehead atoms. The van der Waals surface area contributed by atoms with Gasteiger partial charge in [0.05, 0.1) is 12.8 Å². The minimum Gasteiger partial charge on any atom is -0.496 e. The lowest BCUT2D eigenvalue weighted by Crippen LogP contribution is -2.32. The van der Waals surface area contributed by atoms with Crippen LogP contribution in [0.25, 0.3) is 0 Å². The largest absolute Gasteiger partial charge is 0.496 e. The van der Waals surface area contributed by atoms with E-state index in [1.54, 1.807) is 13.3 Å². The van der Waals surface area contributed by atoms with Gasteiger partial charge >= 0.3 is 0 Å². The number of methoxy groups -OCH3 is 1. The van der Waals surface area contributed by atoms with Gasteiger partial charge < -0.3 is 15.4 Å². The lowest BCUT2D eigenvalue weighted by atomic mass is 10.1. The van der Waals surface area contributed by atoms with E-state index in [1.165, 1.54) is 5.56 Å². The molecule has 0 fully saturated rings. The first-order chi connectivity index (χ1) is 10.2. The van der Waals surface area contributed by atoms with Crippen molar-refractivity contribution in [3.8, 4) is 5.75 Å². The highest BCUT2D eigenvalue weighted by Crippen LogP contribution is 2.21. The molecule has 1 aromatic heterocycles. The van der Waals surface area contributed by atoms with Crippen molar-refractivity contribution in [3.05, 3.63) is 47.8 Å². The zero-order valence-electron chi connectivity index (χ0n) is 12.8. The molecule has 0 aliphatic carbocycles. The Labute approximate surface area is 125 Å². The summed E-state index contributed by atoms with van der Waals surface area (Å²) in [6.07, 6.45) is 2.60. The quantitative estimate of drug-likeness (QED) is 0.880. The van der Waals surface area contributed by atoms with Crippen LogP contribution >= 0.6 is 0 Å². The third-order valence-electron chi connectivity index (χ3n) is 3.59. The van der Waals surface area contributed by atoms with Crippen LogP contribution in [0.15, 0.2) is 36.5 Å². The predicted molar refractivity (Wildman–Crippen MR) is 84.5 cm³/mol. The molecule has 21 heavy (non-hydrogen) atoms. The first-order valence-corrected chi connectivity index (χ1v) is 7.02. The number of anilines is 1. The average Bonchev–Trinajstić information content (AvgIpc) is 2.54. The van der Waals surface area contributed by atoms with Crippen molar-refractivity contribution in [1.82, 2.24) is 9.97 Å². The summed E-state index contributed by atoms with van der Waals surface area (Å²) in [7, 11) is 3.69. The summed E-state index contributed by atoms with van der Waals surface area (Å²) < 4.78 is 5.40. The van der Waals surface area contributed by atoms with Crippen LogP contribution in [0.5, 0.6) is 5.75 Å². The Morgan fingerprint density at radius 2 is 2.05 bits per heavy atom. The molecule has 2 N–H and O–H groups in total. The molecule has 5 nitrogen and oxygen atoms in total. The molecule has 0 aliphatic rings. The van der Waals surface area contributed by atoms with Crippen molar-refractivity contribution in [2.45, 2.75) is 25.9 Å². The van der Waals surface area contributed by atoms with Gasteiger partial charge in [0.15, 0.2) is 0 Å². The third kappa shape index (κ3) is 3.70. The highest BCUT2D eigenvalue weighted by Gasteiger charge is 2.15. The van der Waals surface area contributed by atoms with Crippen LogP contribution < -0.4 is 15.4 Å². The van der Waals surface area contributed by atoms with Gasteiger partial charge in [-0.2, -0.15) is 0 Å². The smallest absolute Gasteiger partial charge is 0.225 e. The molecule has 0 aliphatic heterocycles. The van der Waals surface area contributed by atoms with Crippen molar-refractivity contribution >= 4 is 5.95 Å². The molecule has 112 valence electrons. The van der Waals surface area contributed by atoms with Crippen LogP contribution in [-0.2, 0) is 13.0 Å². The molecular weight excluding hydrogens is 264 g/mol. The van der Waals surface area contributed by atoms with Crippen LogP contribution in [0.4, 0.5) is 5.95 Å². The maximum atomic E-state index is 5.63. The molecular formula is C16H22N4O. The molecule has 5 heteroatoms. The van der Waals surface area contributed by atoms with Gasteiger partial charge in [-0.25, -0.2) is 9.97 Å². The van der Waals surface area contributed by atoms with Crippen LogP contribution in [-0.4, -0.2) is 30.2 Å². The molecule has 0 saturated carbocycles. The van der Waals surface area contributed by atoms with Crippen LogP contribution in [0.2, 0.25) is 0 Å². The fraction of sp³-hybridized carbons (Fsp3) is 0.375. The lowest BCUT2D eigenvalue weighted by Gasteiger charge is -2.25. The SMILES string of the molecule is COc1ccccc1CC(C)N(C)c1nccc(CN)n1. The molecule has 0 radical (unpaired) electrons. The average molecular weight is 286 g/mol. The topological polar surface area (TPSA) is 64.3 Å². The summed E-state index contributed by atoms with van der Waals surface area (Å²) >= 11 is 0. The Morgan fingerprint density at radius 1 is 1.29 bits per heavy atom. The predicted octanol–water partition coefficient (Wildman–Crippen LogP) is 2.01. The third-order valence-corrected chi connectivity index (χ3v) is 3.59. The van der Waals surface area contributed by atoms with E-state index in [0.717, 1.165) is 17.9 Å². The van der Waals surface area contributed by atoms with Crippen molar-refractivity contribution in [1.29, 1.82) is 0 Å². The highest BCUT2D eigenvalue weighted by molar-refractivity contribution is 5.36. The maximum absolute atomic E-state index is 5.63. The van der Waals surface area contributed by atoms with Gasteiger partial charge in [-0.1, -0.05) is 18.2 Å². The van der Waals surface area contributed by atoms with E-state index >= 15 is 0 Å². The second-order valence-corrected chi connectivity index (χ2v) is 5.03. The van der Waals surface area contributed by atoms with Gasteiger partial charge in [0.1, 0.15) is 5.75 Å². The second kappa shape index (κ2) is 7.04.